The first-order valence-corrected chi connectivity index (χ1v) is 5.32. The molecule has 0 bridgehead atoms. The van der Waals surface area contributed by atoms with E-state index in [0.29, 0.717) is 0 Å². The predicted molar refractivity (Wildman–Crippen MR) is 64.6 cm³/mol. The van der Waals surface area contributed by atoms with Crippen LogP contribution in [-0.4, -0.2) is 0 Å². The van der Waals surface area contributed by atoms with Gasteiger partial charge in [0, 0.05) is 0 Å². The summed E-state index contributed by atoms with van der Waals surface area (Å²) in [5.74, 6) is 1.39. The summed E-state index contributed by atoms with van der Waals surface area (Å²) < 4.78 is 0. The van der Waals surface area contributed by atoms with Gasteiger partial charge in [-0.2, -0.15) is 0 Å². The van der Waals surface area contributed by atoms with E-state index >= 15 is 0 Å². The molecular formula is C15H13. The van der Waals surface area contributed by atoms with Gasteiger partial charge in [0.2, 0.25) is 0 Å². The molecule has 0 saturated carbocycles. The molecule has 2 aromatic rings. The van der Waals surface area contributed by atoms with E-state index in [4.69, 9.17) is 0 Å². The van der Waals surface area contributed by atoms with Gasteiger partial charge in [-0.15, -0.1) is 0 Å². The van der Waals surface area contributed by atoms with E-state index in [0.717, 1.165) is 0 Å². The minimum Gasteiger partial charge on any atom is -0.0616 e. The third kappa shape index (κ3) is 1.08. The first-order valence-electron chi connectivity index (χ1n) is 5.32. The Hall–Kier alpha value is -1.56. The van der Waals surface area contributed by atoms with Crippen LogP contribution in [0.1, 0.15) is 19.4 Å². The molecule has 0 saturated heterocycles. The molecular weight excluding hydrogens is 180 g/mol. The van der Waals surface area contributed by atoms with Crippen LogP contribution in [0.3, 0.4) is 0 Å². The molecule has 73 valence electrons. The van der Waals surface area contributed by atoms with E-state index in [1.54, 1.807) is 0 Å². The Labute approximate surface area is 90.6 Å². The zero-order valence-corrected chi connectivity index (χ0v) is 9.04. The van der Waals surface area contributed by atoms with Crippen molar-refractivity contribution in [2.75, 3.05) is 0 Å². The smallest absolute Gasteiger partial charge is 0.000545 e. The Kier molecular flexibility index (Phi) is 1.72. The van der Waals surface area contributed by atoms with Crippen molar-refractivity contribution < 1.29 is 0 Å². The highest BCUT2D eigenvalue weighted by atomic mass is 14.3. The summed E-state index contributed by atoms with van der Waals surface area (Å²) in [5.41, 5.74) is 7.04. The molecule has 2 aromatic carbocycles. The van der Waals surface area contributed by atoms with Crippen LogP contribution in [0.15, 0.2) is 42.5 Å². The van der Waals surface area contributed by atoms with Gasteiger partial charge in [-0.05, 0) is 33.7 Å². The quantitative estimate of drug-likeness (QED) is 0.540. The summed E-state index contributed by atoms with van der Waals surface area (Å²) in [7, 11) is 0. The first-order chi connectivity index (χ1) is 7.29. The van der Waals surface area contributed by atoms with E-state index in [-0.39, 0.29) is 0 Å². The monoisotopic (exact) mass is 193 g/mol. The largest absolute Gasteiger partial charge is 0.0616 e. The molecule has 0 aromatic heterocycles. The van der Waals surface area contributed by atoms with Crippen LogP contribution in [-0.2, 0) is 0 Å². The predicted octanol–water partition coefficient (Wildman–Crippen LogP) is 4.30. The molecule has 0 heteroatoms. The third-order valence-electron chi connectivity index (χ3n) is 3.09. The van der Waals surface area contributed by atoms with Crippen LogP contribution in [0.25, 0.3) is 22.3 Å². The van der Waals surface area contributed by atoms with Gasteiger partial charge in [-0.3, -0.25) is 0 Å². The second-order valence-corrected chi connectivity index (χ2v) is 4.27. The summed E-state index contributed by atoms with van der Waals surface area (Å²) in [6.07, 6.45) is 0. The van der Waals surface area contributed by atoms with Gasteiger partial charge in [-0.1, -0.05) is 56.3 Å². The first kappa shape index (κ1) is 8.72. The maximum Gasteiger partial charge on any atom is -0.000545 e. The van der Waals surface area contributed by atoms with Gasteiger partial charge in [-0.25, -0.2) is 0 Å². The topological polar surface area (TPSA) is 0 Å². The summed E-state index contributed by atoms with van der Waals surface area (Å²) in [6, 6.07) is 15.2. The molecule has 1 radical (unpaired) electrons. The zero-order valence-electron chi connectivity index (χ0n) is 9.04. The summed E-state index contributed by atoms with van der Waals surface area (Å²) in [4.78, 5) is 0. The fourth-order valence-electron chi connectivity index (χ4n) is 2.36. The molecule has 0 aliphatic heterocycles. The highest BCUT2D eigenvalue weighted by Crippen LogP contribution is 2.49. The van der Waals surface area contributed by atoms with Crippen LogP contribution in [0.2, 0.25) is 0 Å². The molecule has 0 atom stereocenters. The van der Waals surface area contributed by atoms with Crippen molar-refractivity contribution in [1.82, 2.24) is 0 Å². The van der Waals surface area contributed by atoms with E-state index in [1.807, 2.05) is 0 Å². The summed E-state index contributed by atoms with van der Waals surface area (Å²) in [5, 5.41) is 0. The highest BCUT2D eigenvalue weighted by Gasteiger charge is 2.24. The van der Waals surface area contributed by atoms with E-state index in [1.165, 1.54) is 33.7 Å². The molecule has 0 fully saturated rings. The Morgan fingerprint density at radius 2 is 1.40 bits per heavy atom. The van der Waals surface area contributed by atoms with Crippen molar-refractivity contribution in [3.8, 4) is 22.3 Å². The second-order valence-electron chi connectivity index (χ2n) is 4.27. The van der Waals surface area contributed by atoms with Gasteiger partial charge >= 0.3 is 0 Å². The molecule has 3 rings (SSSR count). The van der Waals surface area contributed by atoms with Gasteiger partial charge in [0.15, 0.2) is 0 Å². The van der Waals surface area contributed by atoms with Gasteiger partial charge < -0.3 is 0 Å². The van der Waals surface area contributed by atoms with E-state index in [9.17, 15) is 0 Å². The van der Waals surface area contributed by atoms with Crippen LogP contribution < -0.4 is 0 Å². The lowest BCUT2D eigenvalue weighted by Gasteiger charge is -2.27. The Morgan fingerprint density at radius 1 is 0.733 bits per heavy atom. The molecule has 1 aliphatic carbocycles. The lowest BCUT2D eigenvalue weighted by atomic mass is 9.76. The van der Waals surface area contributed by atoms with Crippen molar-refractivity contribution in [2.45, 2.75) is 13.8 Å². The third-order valence-corrected chi connectivity index (χ3v) is 3.09. The molecule has 0 heterocycles. The number of benzene rings is 2. The fraction of sp³-hybridized carbons (Fsp3) is 0.133. The maximum atomic E-state index is 2.21. The number of rotatable bonds is 1. The average Bonchev–Trinajstić information content (AvgIpc) is 2.24. The minimum atomic E-state index is 1.39. The lowest BCUT2D eigenvalue weighted by Crippen LogP contribution is -2.03. The van der Waals surface area contributed by atoms with Crippen molar-refractivity contribution in [3.05, 3.63) is 53.9 Å². The molecule has 1 aliphatic rings. The van der Waals surface area contributed by atoms with Crippen LogP contribution in [0, 0.1) is 5.92 Å². The lowest BCUT2D eigenvalue weighted by molar-refractivity contribution is 1.15. The van der Waals surface area contributed by atoms with Gasteiger partial charge in [0.05, 0.1) is 0 Å². The Morgan fingerprint density at radius 3 is 2.13 bits per heavy atom. The standard InChI is InChI=1S/C15H13/c1-10(2)11-8-5-9-14-12-6-3-4-7-13(12)15(11)14/h3-9H,1-2H3. The second kappa shape index (κ2) is 2.96. The van der Waals surface area contributed by atoms with Gasteiger partial charge in [0.1, 0.15) is 0 Å². The molecule has 15 heavy (non-hydrogen) atoms. The van der Waals surface area contributed by atoms with Crippen LogP contribution >= 0.6 is 0 Å². The fourth-order valence-corrected chi connectivity index (χ4v) is 2.36. The number of hydrogen-bond donors (Lipinski definition) is 0. The molecule has 0 nitrogen and oxygen atoms in total. The Bertz CT molecular complexity index is 521. The minimum absolute atomic E-state index is 1.39. The normalized spacial score (nSPS) is 11.9. The van der Waals surface area contributed by atoms with Crippen molar-refractivity contribution in [1.29, 1.82) is 0 Å². The molecule has 0 amide bonds. The van der Waals surface area contributed by atoms with Crippen LogP contribution in [0.5, 0.6) is 0 Å². The SMILES string of the molecule is C[C](C)c1cccc2c1-c1ccccc1-2. The highest BCUT2D eigenvalue weighted by molar-refractivity contribution is 6.04. The van der Waals surface area contributed by atoms with Gasteiger partial charge in [0.25, 0.3) is 0 Å². The Balaban J connectivity index is 2.25. The molecule has 0 spiro atoms. The van der Waals surface area contributed by atoms with E-state index < -0.39 is 0 Å². The summed E-state index contributed by atoms with van der Waals surface area (Å²) in [6.45, 7) is 4.35. The van der Waals surface area contributed by atoms with Crippen molar-refractivity contribution in [3.63, 3.8) is 0 Å². The number of hydrogen-bond acceptors (Lipinski definition) is 0. The van der Waals surface area contributed by atoms with Crippen molar-refractivity contribution in [2.24, 2.45) is 0 Å². The zero-order chi connectivity index (χ0) is 10.4. The maximum absolute atomic E-state index is 2.21. The average molecular weight is 193 g/mol. The summed E-state index contributed by atoms with van der Waals surface area (Å²) >= 11 is 0. The van der Waals surface area contributed by atoms with Crippen LogP contribution in [0.4, 0.5) is 0 Å². The van der Waals surface area contributed by atoms with E-state index in [2.05, 4.69) is 56.3 Å². The molecule has 0 unspecified atom stereocenters. The molecule has 0 N–H and O–H groups in total. The number of fused-ring (bicyclic) bond motifs is 4. The van der Waals surface area contributed by atoms with Crippen molar-refractivity contribution >= 4 is 0 Å².